The molecular formula is C30H34N4O3. The highest BCUT2D eigenvalue weighted by molar-refractivity contribution is 5.77. The predicted octanol–water partition coefficient (Wildman–Crippen LogP) is 4.26. The summed E-state index contributed by atoms with van der Waals surface area (Å²) in [6.45, 7) is 9.27. The van der Waals surface area contributed by atoms with E-state index in [0.29, 0.717) is 29.9 Å². The minimum atomic E-state index is -0.0772. The Bertz CT molecular complexity index is 1380. The molecular weight excluding hydrogens is 464 g/mol. The first-order valence-electron chi connectivity index (χ1n) is 13.0. The van der Waals surface area contributed by atoms with Crippen LogP contribution in [0, 0.1) is 6.92 Å². The molecule has 3 aromatic carbocycles. The molecule has 37 heavy (non-hydrogen) atoms. The Morgan fingerprint density at radius 1 is 1.00 bits per heavy atom. The van der Waals surface area contributed by atoms with Crippen LogP contribution in [0.4, 0.5) is 0 Å². The summed E-state index contributed by atoms with van der Waals surface area (Å²) in [5.74, 6) is 1.45. The largest absolute Gasteiger partial charge is 0.494 e. The highest BCUT2D eigenvalue weighted by atomic mass is 16.5. The first kappa shape index (κ1) is 25.1. The molecule has 0 amide bonds. The van der Waals surface area contributed by atoms with Gasteiger partial charge in [0, 0.05) is 25.7 Å². The normalized spacial score (nSPS) is 15.1. The zero-order valence-electron chi connectivity index (χ0n) is 21.5. The molecule has 7 heteroatoms. The number of benzene rings is 3. The molecule has 1 saturated heterocycles. The summed E-state index contributed by atoms with van der Waals surface area (Å²) < 4.78 is 12.9. The Morgan fingerprint density at radius 2 is 1.73 bits per heavy atom. The van der Waals surface area contributed by atoms with Crippen molar-refractivity contribution in [1.29, 1.82) is 0 Å². The fourth-order valence-electron chi connectivity index (χ4n) is 4.76. The molecule has 0 saturated carbocycles. The molecule has 0 aliphatic carbocycles. The third-order valence-corrected chi connectivity index (χ3v) is 6.78. The average Bonchev–Trinajstić information content (AvgIpc) is 2.93. The van der Waals surface area contributed by atoms with Gasteiger partial charge in [-0.15, -0.1) is 0 Å². The van der Waals surface area contributed by atoms with Gasteiger partial charge in [-0.1, -0.05) is 42.0 Å². The van der Waals surface area contributed by atoms with Crippen molar-refractivity contribution in [3.63, 3.8) is 0 Å². The number of rotatable bonds is 9. The number of morpholine rings is 1. The van der Waals surface area contributed by atoms with Gasteiger partial charge in [0.05, 0.1) is 43.0 Å². The minimum Gasteiger partial charge on any atom is -0.494 e. The lowest BCUT2D eigenvalue weighted by Crippen LogP contribution is -2.42. The summed E-state index contributed by atoms with van der Waals surface area (Å²) in [5, 5.41) is 4.32. The minimum absolute atomic E-state index is 0.0772. The van der Waals surface area contributed by atoms with E-state index in [1.54, 1.807) is 4.57 Å². The quantitative estimate of drug-likeness (QED) is 0.372. The third-order valence-electron chi connectivity index (χ3n) is 6.78. The van der Waals surface area contributed by atoms with Gasteiger partial charge in [-0.05, 0) is 55.8 Å². The predicted molar refractivity (Wildman–Crippen MR) is 147 cm³/mol. The van der Waals surface area contributed by atoms with Crippen LogP contribution >= 0.6 is 0 Å². The number of nitrogens with zero attached hydrogens (tertiary/aromatic N) is 3. The van der Waals surface area contributed by atoms with Gasteiger partial charge >= 0.3 is 0 Å². The molecule has 1 aliphatic rings. The zero-order chi connectivity index (χ0) is 25.6. The topological polar surface area (TPSA) is 68.6 Å². The van der Waals surface area contributed by atoms with Crippen molar-refractivity contribution in [2.45, 2.75) is 26.4 Å². The van der Waals surface area contributed by atoms with Gasteiger partial charge in [0.15, 0.2) is 0 Å². The number of ether oxygens (including phenoxy) is 2. The second-order valence-electron chi connectivity index (χ2n) is 9.37. The average molecular weight is 499 g/mol. The summed E-state index contributed by atoms with van der Waals surface area (Å²) in [7, 11) is 0. The number of nitrogens with one attached hydrogen (secondary N) is 1. The Morgan fingerprint density at radius 3 is 2.46 bits per heavy atom. The third kappa shape index (κ3) is 5.91. The number of aromatic nitrogens is 2. The molecule has 0 spiro atoms. The van der Waals surface area contributed by atoms with E-state index in [4.69, 9.17) is 14.5 Å². The highest BCUT2D eigenvalue weighted by Gasteiger charge is 2.20. The van der Waals surface area contributed by atoms with Crippen LogP contribution in [0.3, 0.4) is 0 Å². The first-order valence-corrected chi connectivity index (χ1v) is 13.0. The zero-order valence-corrected chi connectivity index (χ0v) is 21.5. The molecule has 0 radical (unpaired) electrons. The second-order valence-corrected chi connectivity index (χ2v) is 9.37. The van der Waals surface area contributed by atoms with Crippen LogP contribution in [0.5, 0.6) is 5.75 Å². The van der Waals surface area contributed by atoms with E-state index in [2.05, 4.69) is 41.4 Å². The summed E-state index contributed by atoms with van der Waals surface area (Å²) in [6.07, 6.45) is 0. The van der Waals surface area contributed by atoms with Crippen LogP contribution in [0.1, 0.15) is 29.9 Å². The monoisotopic (exact) mass is 498 g/mol. The lowest BCUT2D eigenvalue weighted by Gasteiger charge is -2.31. The number of para-hydroxylation sites is 1. The van der Waals surface area contributed by atoms with Crippen molar-refractivity contribution in [2.24, 2.45) is 0 Å². The number of fused-ring (bicyclic) bond motifs is 1. The smallest absolute Gasteiger partial charge is 0.266 e. The molecule has 1 atom stereocenters. The summed E-state index contributed by atoms with van der Waals surface area (Å²) in [6, 6.07) is 23.9. The molecule has 1 fully saturated rings. The van der Waals surface area contributed by atoms with E-state index in [0.717, 1.165) is 44.3 Å². The van der Waals surface area contributed by atoms with Crippen LogP contribution in [-0.2, 0) is 11.3 Å². The Balaban J connectivity index is 1.49. The van der Waals surface area contributed by atoms with Crippen molar-refractivity contribution >= 4 is 10.9 Å². The fourth-order valence-corrected chi connectivity index (χ4v) is 4.76. The number of hydrogen-bond acceptors (Lipinski definition) is 6. The van der Waals surface area contributed by atoms with Crippen LogP contribution in [0.2, 0.25) is 0 Å². The molecule has 4 aromatic rings. The van der Waals surface area contributed by atoms with Crippen molar-refractivity contribution in [3.05, 3.63) is 100 Å². The van der Waals surface area contributed by atoms with Crippen LogP contribution in [-0.4, -0.2) is 53.9 Å². The molecule has 2 heterocycles. The van der Waals surface area contributed by atoms with Gasteiger partial charge in [-0.3, -0.25) is 14.3 Å². The number of hydrogen-bond donors (Lipinski definition) is 1. The highest BCUT2D eigenvalue weighted by Crippen LogP contribution is 2.20. The van der Waals surface area contributed by atoms with E-state index in [1.807, 2.05) is 55.5 Å². The molecule has 5 rings (SSSR count). The SMILES string of the molecule is CCOc1ccc(-n2c(CN[C@@H](CN3CCOCC3)c3ccc(C)cc3)nc3ccccc3c2=O)cc1. The van der Waals surface area contributed by atoms with Crippen LogP contribution in [0.25, 0.3) is 16.6 Å². The standard InChI is InChI=1S/C30H34N4O3/c1-3-37-25-14-12-24(13-15-25)34-29(32-27-7-5-4-6-26(27)30(34)35)20-31-28(21-33-16-18-36-19-17-33)23-10-8-22(2)9-11-23/h4-15,28,31H,3,16-21H2,1-2H3/t28-/m0/s1. The van der Waals surface area contributed by atoms with Crippen molar-refractivity contribution in [1.82, 2.24) is 19.8 Å². The fraction of sp³-hybridized carbons (Fsp3) is 0.333. The molecule has 1 aromatic heterocycles. The van der Waals surface area contributed by atoms with Crippen LogP contribution in [0.15, 0.2) is 77.6 Å². The van der Waals surface area contributed by atoms with E-state index in [9.17, 15) is 4.79 Å². The molecule has 1 N–H and O–H groups in total. The Kier molecular flexibility index (Phi) is 7.94. The van der Waals surface area contributed by atoms with E-state index in [1.165, 1.54) is 11.1 Å². The van der Waals surface area contributed by atoms with E-state index < -0.39 is 0 Å². The first-order chi connectivity index (χ1) is 18.1. The van der Waals surface area contributed by atoms with Gasteiger partial charge in [-0.2, -0.15) is 0 Å². The maximum Gasteiger partial charge on any atom is 0.266 e. The molecule has 192 valence electrons. The van der Waals surface area contributed by atoms with Gasteiger partial charge in [-0.25, -0.2) is 4.98 Å². The maximum atomic E-state index is 13.7. The van der Waals surface area contributed by atoms with Crippen molar-refractivity contribution < 1.29 is 9.47 Å². The molecule has 0 unspecified atom stereocenters. The summed E-state index contributed by atoms with van der Waals surface area (Å²) in [5.41, 5.74) is 3.84. The van der Waals surface area contributed by atoms with Gasteiger partial charge in [0.2, 0.25) is 0 Å². The van der Waals surface area contributed by atoms with Gasteiger partial charge < -0.3 is 14.8 Å². The lowest BCUT2D eigenvalue weighted by molar-refractivity contribution is 0.0333. The van der Waals surface area contributed by atoms with E-state index in [-0.39, 0.29) is 11.6 Å². The summed E-state index contributed by atoms with van der Waals surface area (Å²) >= 11 is 0. The Hall–Kier alpha value is -3.52. The van der Waals surface area contributed by atoms with Crippen LogP contribution < -0.4 is 15.6 Å². The molecule has 0 bridgehead atoms. The van der Waals surface area contributed by atoms with Crippen molar-refractivity contribution in [2.75, 3.05) is 39.5 Å². The number of aryl methyl sites for hydroxylation is 1. The molecule has 1 aliphatic heterocycles. The van der Waals surface area contributed by atoms with Crippen molar-refractivity contribution in [3.8, 4) is 11.4 Å². The second kappa shape index (κ2) is 11.7. The Labute approximate surface area is 217 Å². The maximum absolute atomic E-state index is 13.7. The van der Waals surface area contributed by atoms with E-state index >= 15 is 0 Å². The summed E-state index contributed by atoms with van der Waals surface area (Å²) in [4.78, 5) is 21.0. The lowest BCUT2D eigenvalue weighted by atomic mass is 10.0. The van der Waals surface area contributed by atoms with Gasteiger partial charge in [0.1, 0.15) is 11.6 Å². The molecule has 7 nitrogen and oxygen atoms in total. The van der Waals surface area contributed by atoms with Gasteiger partial charge in [0.25, 0.3) is 5.56 Å².